The first-order valence-electron chi connectivity index (χ1n) is 5.51. The molecular formula is C11H20N2O. The standard InChI is InChI=1S/C11H20N2O/c1-9(8-14)7-13-11-5-3-2-4-10(11)6-12/h9-11,13-14H,2-5,7-8H2,1H3. The van der Waals surface area contributed by atoms with E-state index in [1.165, 1.54) is 12.8 Å². The summed E-state index contributed by atoms with van der Waals surface area (Å²) >= 11 is 0. The average Bonchev–Trinajstić information content (AvgIpc) is 2.26. The van der Waals surface area contributed by atoms with E-state index in [1.807, 2.05) is 6.92 Å². The Kier molecular flexibility index (Phi) is 4.92. The summed E-state index contributed by atoms with van der Waals surface area (Å²) in [6, 6.07) is 2.72. The van der Waals surface area contributed by atoms with Crippen LogP contribution in [0.4, 0.5) is 0 Å². The van der Waals surface area contributed by atoms with Crippen LogP contribution in [0.3, 0.4) is 0 Å². The number of nitriles is 1. The average molecular weight is 196 g/mol. The van der Waals surface area contributed by atoms with Gasteiger partial charge in [-0.1, -0.05) is 19.8 Å². The third-order valence-corrected chi connectivity index (χ3v) is 2.97. The van der Waals surface area contributed by atoms with E-state index in [0.717, 1.165) is 19.4 Å². The van der Waals surface area contributed by atoms with Gasteiger partial charge in [0.05, 0.1) is 12.0 Å². The fourth-order valence-electron chi connectivity index (χ4n) is 1.95. The Morgan fingerprint density at radius 3 is 2.86 bits per heavy atom. The fourth-order valence-corrected chi connectivity index (χ4v) is 1.95. The third kappa shape index (κ3) is 3.28. The van der Waals surface area contributed by atoms with E-state index in [4.69, 9.17) is 10.4 Å². The molecule has 0 aromatic heterocycles. The fraction of sp³-hybridized carbons (Fsp3) is 0.909. The van der Waals surface area contributed by atoms with Crippen LogP contribution in [0.25, 0.3) is 0 Å². The third-order valence-electron chi connectivity index (χ3n) is 2.97. The van der Waals surface area contributed by atoms with Gasteiger partial charge in [0.2, 0.25) is 0 Å². The van der Waals surface area contributed by atoms with Crippen LogP contribution in [0.2, 0.25) is 0 Å². The van der Waals surface area contributed by atoms with Gasteiger partial charge in [-0.2, -0.15) is 5.26 Å². The number of nitrogens with one attached hydrogen (secondary N) is 1. The van der Waals surface area contributed by atoms with Crippen molar-refractivity contribution in [3.05, 3.63) is 0 Å². The maximum absolute atomic E-state index is 8.94. The predicted molar refractivity (Wildman–Crippen MR) is 55.6 cm³/mol. The van der Waals surface area contributed by atoms with Crippen LogP contribution in [-0.2, 0) is 0 Å². The Labute approximate surface area is 86.1 Å². The van der Waals surface area contributed by atoms with Crippen molar-refractivity contribution in [1.29, 1.82) is 5.26 Å². The van der Waals surface area contributed by atoms with Crippen molar-refractivity contribution in [3.8, 4) is 6.07 Å². The molecule has 3 unspecified atom stereocenters. The Hall–Kier alpha value is -0.590. The van der Waals surface area contributed by atoms with Gasteiger partial charge in [0.15, 0.2) is 0 Å². The van der Waals surface area contributed by atoms with Crippen molar-refractivity contribution in [2.45, 2.75) is 38.6 Å². The van der Waals surface area contributed by atoms with Crippen LogP contribution in [0, 0.1) is 23.2 Å². The van der Waals surface area contributed by atoms with E-state index in [-0.39, 0.29) is 18.4 Å². The van der Waals surface area contributed by atoms with E-state index in [2.05, 4.69) is 11.4 Å². The van der Waals surface area contributed by atoms with Crippen LogP contribution >= 0.6 is 0 Å². The number of aliphatic hydroxyl groups excluding tert-OH is 1. The molecule has 3 atom stereocenters. The van der Waals surface area contributed by atoms with E-state index in [0.29, 0.717) is 6.04 Å². The minimum atomic E-state index is 0.176. The largest absolute Gasteiger partial charge is 0.396 e. The Morgan fingerprint density at radius 1 is 1.50 bits per heavy atom. The molecule has 3 heteroatoms. The number of hydrogen-bond acceptors (Lipinski definition) is 3. The molecule has 0 aromatic rings. The monoisotopic (exact) mass is 196 g/mol. The molecule has 2 N–H and O–H groups in total. The first kappa shape index (κ1) is 11.5. The minimum Gasteiger partial charge on any atom is -0.396 e. The van der Waals surface area contributed by atoms with Crippen molar-refractivity contribution >= 4 is 0 Å². The first-order chi connectivity index (χ1) is 6.77. The van der Waals surface area contributed by atoms with Crippen LogP contribution in [0.1, 0.15) is 32.6 Å². The second-order valence-electron chi connectivity index (χ2n) is 4.32. The summed E-state index contributed by atoms with van der Waals surface area (Å²) < 4.78 is 0. The topological polar surface area (TPSA) is 56.0 Å². The Bertz CT molecular complexity index is 200. The molecule has 0 radical (unpaired) electrons. The second kappa shape index (κ2) is 6.00. The molecule has 0 aliphatic heterocycles. The van der Waals surface area contributed by atoms with Gasteiger partial charge in [-0.15, -0.1) is 0 Å². The number of rotatable bonds is 4. The van der Waals surface area contributed by atoms with Crippen LogP contribution in [0.5, 0.6) is 0 Å². The Balaban J connectivity index is 2.30. The predicted octanol–water partition coefficient (Wildman–Crippen LogP) is 1.29. The zero-order valence-corrected chi connectivity index (χ0v) is 8.87. The van der Waals surface area contributed by atoms with Gasteiger partial charge in [0.1, 0.15) is 0 Å². The van der Waals surface area contributed by atoms with Gasteiger partial charge in [-0.25, -0.2) is 0 Å². The number of hydrogen-bond donors (Lipinski definition) is 2. The zero-order valence-electron chi connectivity index (χ0n) is 8.87. The van der Waals surface area contributed by atoms with Gasteiger partial charge >= 0.3 is 0 Å². The molecule has 1 fully saturated rings. The lowest BCUT2D eigenvalue weighted by Gasteiger charge is -2.28. The quantitative estimate of drug-likeness (QED) is 0.712. The normalized spacial score (nSPS) is 29.5. The Morgan fingerprint density at radius 2 is 2.21 bits per heavy atom. The molecule has 0 bridgehead atoms. The SMILES string of the molecule is CC(CO)CNC1CCCCC1C#N. The van der Waals surface area contributed by atoms with Crippen LogP contribution in [0.15, 0.2) is 0 Å². The molecule has 14 heavy (non-hydrogen) atoms. The van der Waals surface area contributed by atoms with E-state index in [9.17, 15) is 0 Å². The summed E-state index contributed by atoms with van der Waals surface area (Å²) in [5.41, 5.74) is 0. The summed E-state index contributed by atoms with van der Waals surface area (Å²) in [5.74, 6) is 0.464. The number of nitrogens with zero attached hydrogens (tertiary/aromatic N) is 1. The molecule has 1 aliphatic rings. The van der Waals surface area contributed by atoms with Gasteiger partial charge in [-0.05, 0) is 18.8 Å². The summed E-state index contributed by atoms with van der Waals surface area (Å²) in [6.45, 7) is 3.05. The maximum Gasteiger partial charge on any atom is 0.0672 e. The molecule has 80 valence electrons. The van der Waals surface area contributed by atoms with Crippen LogP contribution < -0.4 is 5.32 Å². The molecular weight excluding hydrogens is 176 g/mol. The molecule has 1 rings (SSSR count). The van der Waals surface area contributed by atoms with Crippen LogP contribution in [-0.4, -0.2) is 24.3 Å². The summed E-state index contributed by atoms with van der Waals surface area (Å²) in [4.78, 5) is 0. The summed E-state index contributed by atoms with van der Waals surface area (Å²) in [7, 11) is 0. The molecule has 0 amide bonds. The van der Waals surface area contributed by atoms with Gasteiger partial charge in [0.25, 0.3) is 0 Å². The van der Waals surface area contributed by atoms with E-state index in [1.54, 1.807) is 0 Å². The highest BCUT2D eigenvalue weighted by Crippen LogP contribution is 2.23. The highest BCUT2D eigenvalue weighted by Gasteiger charge is 2.24. The first-order valence-corrected chi connectivity index (χ1v) is 5.51. The molecule has 0 spiro atoms. The summed E-state index contributed by atoms with van der Waals surface area (Å²) in [6.07, 6.45) is 4.55. The van der Waals surface area contributed by atoms with Gasteiger partial charge in [0, 0.05) is 19.2 Å². The lowest BCUT2D eigenvalue weighted by molar-refractivity contribution is 0.219. The van der Waals surface area contributed by atoms with Crippen molar-refractivity contribution < 1.29 is 5.11 Å². The molecule has 1 saturated carbocycles. The van der Waals surface area contributed by atoms with E-state index < -0.39 is 0 Å². The van der Waals surface area contributed by atoms with Gasteiger partial charge in [-0.3, -0.25) is 0 Å². The van der Waals surface area contributed by atoms with Crippen molar-refractivity contribution in [2.24, 2.45) is 11.8 Å². The zero-order chi connectivity index (χ0) is 10.4. The molecule has 3 nitrogen and oxygen atoms in total. The van der Waals surface area contributed by atoms with Crippen molar-refractivity contribution in [2.75, 3.05) is 13.2 Å². The molecule has 1 aliphatic carbocycles. The molecule has 0 saturated heterocycles. The molecule has 0 heterocycles. The lowest BCUT2D eigenvalue weighted by Crippen LogP contribution is -2.40. The highest BCUT2D eigenvalue weighted by molar-refractivity contribution is 4.94. The van der Waals surface area contributed by atoms with E-state index >= 15 is 0 Å². The molecule has 0 aromatic carbocycles. The lowest BCUT2D eigenvalue weighted by atomic mass is 9.85. The van der Waals surface area contributed by atoms with Crippen molar-refractivity contribution in [1.82, 2.24) is 5.32 Å². The van der Waals surface area contributed by atoms with Gasteiger partial charge < -0.3 is 10.4 Å². The smallest absolute Gasteiger partial charge is 0.0672 e. The minimum absolute atomic E-state index is 0.176. The number of aliphatic hydroxyl groups is 1. The highest BCUT2D eigenvalue weighted by atomic mass is 16.3. The second-order valence-corrected chi connectivity index (χ2v) is 4.32. The summed E-state index contributed by atoms with van der Waals surface area (Å²) in [5, 5.41) is 21.2. The van der Waals surface area contributed by atoms with Crippen molar-refractivity contribution in [3.63, 3.8) is 0 Å². The maximum atomic E-state index is 8.94.